The van der Waals surface area contributed by atoms with Crippen molar-refractivity contribution in [2.45, 2.75) is 39.2 Å². The van der Waals surface area contributed by atoms with Crippen LogP contribution in [0.1, 0.15) is 31.9 Å². The molecule has 1 atom stereocenters. The molecule has 3 nitrogen and oxygen atoms in total. The fraction of sp³-hybridized carbons (Fsp3) is 0.500. The number of hydrogen-bond donors (Lipinski definition) is 2. The molecule has 0 amide bonds. The molecule has 1 aromatic rings. The van der Waals surface area contributed by atoms with Crippen molar-refractivity contribution in [2.75, 3.05) is 0 Å². The molecular formula is C14H20O3. The van der Waals surface area contributed by atoms with Crippen molar-refractivity contribution in [3.05, 3.63) is 35.4 Å². The van der Waals surface area contributed by atoms with Gasteiger partial charge in [0.1, 0.15) is 0 Å². The van der Waals surface area contributed by atoms with Gasteiger partial charge in [0.25, 0.3) is 0 Å². The first kappa shape index (κ1) is 13.7. The van der Waals surface area contributed by atoms with E-state index in [0.717, 1.165) is 12.0 Å². The van der Waals surface area contributed by atoms with Gasteiger partial charge in [-0.15, -0.1) is 0 Å². The standard InChI is InChI=1S/C14H20O3/c1-10(2)8-11-4-6-12(7-5-11)9-14(3,17)13(15)16/h4-7,10,17H,8-9H2,1-3H3,(H,15,16). The van der Waals surface area contributed by atoms with Crippen LogP contribution < -0.4 is 0 Å². The molecule has 17 heavy (non-hydrogen) atoms. The van der Waals surface area contributed by atoms with Gasteiger partial charge in [-0.25, -0.2) is 4.79 Å². The Kier molecular flexibility index (Phi) is 4.29. The Labute approximate surface area is 102 Å². The van der Waals surface area contributed by atoms with E-state index in [2.05, 4.69) is 13.8 Å². The lowest BCUT2D eigenvalue weighted by molar-refractivity contribution is -0.156. The van der Waals surface area contributed by atoms with Gasteiger partial charge in [-0.3, -0.25) is 0 Å². The number of carboxylic acid groups (broad SMARTS) is 1. The van der Waals surface area contributed by atoms with Crippen LogP contribution in [0.25, 0.3) is 0 Å². The van der Waals surface area contributed by atoms with Gasteiger partial charge in [-0.1, -0.05) is 38.1 Å². The summed E-state index contributed by atoms with van der Waals surface area (Å²) in [5, 5.41) is 18.5. The molecule has 0 heterocycles. The lowest BCUT2D eigenvalue weighted by Crippen LogP contribution is -2.37. The Hall–Kier alpha value is -1.35. The molecule has 0 saturated carbocycles. The van der Waals surface area contributed by atoms with Crippen LogP contribution in [0.2, 0.25) is 0 Å². The number of carbonyl (C=O) groups is 1. The molecule has 0 fully saturated rings. The molecular weight excluding hydrogens is 216 g/mol. The van der Waals surface area contributed by atoms with Crippen LogP contribution in [0.5, 0.6) is 0 Å². The minimum atomic E-state index is -1.69. The van der Waals surface area contributed by atoms with Crippen LogP contribution in [0.15, 0.2) is 24.3 Å². The van der Waals surface area contributed by atoms with Crippen LogP contribution in [0, 0.1) is 5.92 Å². The molecule has 2 N–H and O–H groups in total. The Morgan fingerprint density at radius 2 is 1.71 bits per heavy atom. The number of rotatable bonds is 5. The second-order valence-corrected chi connectivity index (χ2v) is 5.17. The fourth-order valence-electron chi connectivity index (χ4n) is 1.74. The van der Waals surface area contributed by atoms with E-state index in [1.165, 1.54) is 12.5 Å². The van der Waals surface area contributed by atoms with Crippen molar-refractivity contribution in [3.8, 4) is 0 Å². The van der Waals surface area contributed by atoms with Gasteiger partial charge in [0.05, 0.1) is 0 Å². The number of carboxylic acids is 1. The highest BCUT2D eigenvalue weighted by atomic mass is 16.4. The van der Waals surface area contributed by atoms with Crippen molar-refractivity contribution >= 4 is 5.97 Å². The van der Waals surface area contributed by atoms with Crippen LogP contribution in [-0.2, 0) is 17.6 Å². The van der Waals surface area contributed by atoms with E-state index in [4.69, 9.17) is 5.11 Å². The molecule has 0 radical (unpaired) electrons. The zero-order valence-electron chi connectivity index (χ0n) is 10.6. The summed E-state index contributed by atoms with van der Waals surface area (Å²) < 4.78 is 0. The maximum atomic E-state index is 10.8. The Morgan fingerprint density at radius 1 is 1.24 bits per heavy atom. The molecule has 0 aromatic heterocycles. The first-order chi connectivity index (χ1) is 7.81. The molecule has 1 rings (SSSR count). The van der Waals surface area contributed by atoms with Gasteiger partial charge in [0.15, 0.2) is 5.60 Å². The van der Waals surface area contributed by atoms with Gasteiger partial charge < -0.3 is 10.2 Å². The minimum Gasteiger partial charge on any atom is -0.479 e. The third kappa shape index (κ3) is 4.19. The first-order valence-electron chi connectivity index (χ1n) is 5.85. The van der Waals surface area contributed by atoms with Crippen molar-refractivity contribution in [1.82, 2.24) is 0 Å². The summed E-state index contributed by atoms with van der Waals surface area (Å²) in [6.45, 7) is 5.63. The Morgan fingerprint density at radius 3 is 2.12 bits per heavy atom. The smallest absolute Gasteiger partial charge is 0.335 e. The van der Waals surface area contributed by atoms with E-state index in [0.29, 0.717) is 5.92 Å². The summed E-state index contributed by atoms with van der Waals surface area (Å²) in [5.74, 6) is -0.591. The van der Waals surface area contributed by atoms with E-state index in [1.807, 2.05) is 24.3 Å². The van der Waals surface area contributed by atoms with Gasteiger partial charge in [0, 0.05) is 6.42 Å². The van der Waals surface area contributed by atoms with E-state index in [-0.39, 0.29) is 6.42 Å². The second-order valence-electron chi connectivity index (χ2n) is 5.17. The highest BCUT2D eigenvalue weighted by Crippen LogP contribution is 2.15. The van der Waals surface area contributed by atoms with Crippen molar-refractivity contribution < 1.29 is 15.0 Å². The van der Waals surface area contributed by atoms with E-state index < -0.39 is 11.6 Å². The summed E-state index contributed by atoms with van der Waals surface area (Å²) >= 11 is 0. The molecule has 0 aliphatic heterocycles. The van der Waals surface area contributed by atoms with Gasteiger partial charge in [-0.2, -0.15) is 0 Å². The number of benzene rings is 1. The summed E-state index contributed by atoms with van der Waals surface area (Å²) in [4.78, 5) is 10.8. The molecule has 1 aromatic carbocycles. The second kappa shape index (κ2) is 5.32. The first-order valence-corrected chi connectivity index (χ1v) is 5.85. The maximum absolute atomic E-state index is 10.8. The van der Waals surface area contributed by atoms with Crippen molar-refractivity contribution in [3.63, 3.8) is 0 Å². The highest BCUT2D eigenvalue weighted by Gasteiger charge is 2.29. The topological polar surface area (TPSA) is 57.5 Å². The lowest BCUT2D eigenvalue weighted by Gasteiger charge is -2.17. The third-order valence-electron chi connectivity index (χ3n) is 2.68. The predicted octanol–water partition coefficient (Wildman–Crippen LogP) is 2.26. The summed E-state index contributed by atoms with van der Waals surface area (Å²) in [7, 11) is 0. The molecule has 0 bridgehead atoms. The van der Waals surface area contributed by atoms with Crippen LogP contribution in [0.3, 0.4) is 0 Å². The normalized spacial score (nSPS) is 14.6. The third-order valence-corrected chi connectivity index (χ3v) is 2.68. The van der Waals surface area contributed by atoms with E-state index in [1.54, 1.807) is 0 Å². The zero-order valence-corrected chi connectivity index (χ0v) is 10.6. The van der Waals surface area contributed by atoms with Gasteiger partial charge in [-0.05, 0) is 30.4 Å². The lowest BCUT2D eigenvalue weighted by atomic mass is 9.95. The maximum Gasteiger partial charge on any atom is 0.335 e. The average molecular weight is 236 g/mol. The molecule has 0 aliphatic carbocycles. The fourth-order valence-corrected chi connectivity index (χ4v) is 1.74. The summed E-state index contributed by atoms with van der Waals surface area (Å²) in [6.07, 6.45) is 1.14. The van der Waals surface area contributed by atoms with Crippen LogP contribution in [0.4, 0.5) is 0 Å². The monoisotopic (exact) mass is 236 g/mol. The number of hydrogen-bond acceptors (Lipinski definition) is 2. The van der Waals surface area contributed by atoms with Gasteiger partial charge in [0.2, 0.25) is 0 Å². The van der Waals surface area contributed by atoms with Crippen molar-refractivity contribution in [2.24, 2.45) is 5.92 Å². The van der Waals surface area contributed by atoms with E-state index >= 15 is 0 Å². The minimum absolute atomic E-state index is 0.129. The van der Waals surface area contributed by atoms with E-state index in [9.17, 15) is 9.90 Å². The van der Waals surface area contributed by atoms with Crippen molar-refractivity contribution in [1.29, 1.82) is 0 Å². The Balaban J connectivity index is 2.72. The molecule has 0 aliphatic rings. The predicted molar refractivity (Wildman–Crippen MR) is 66.9 cm³/mol. The SMILES string of the molecule is CC(C)Cc1ccc(CC(C)(O)C(=O)O)cc1. The summed E-state index contributed by atoms with van der Waals surface area (Å²) in [5.41, 5.74) is 0.378. The molecule has 0 spiro atoms. The summed E-state index contributed by atoms with van der Waals surface area (Å²) in [6, 6.07) is 7.75. The average Bonchev–Trinajstić information content (AvgIpc) is 2.19. The molecule has 94 valence electrons. The quantitative estimate of drug-likeness (QED) is 0.824. The molecule has 1 unspecified atom stereocenters. The van der Waals surface area contributed by atoms with Gasteiger partial charge >= 0.3 is 5.97 Å². The zero-order chi connectivity index (χ0) is 13.1. The number of aliphatic hydroxyl groups is 1. The highest BCUT2D eigenvalue weighted by molar-refractivity contribution is 5.76. The molecule has 3 heteroatoms. The number of aliphatic carboxylic acids is 1. The van der Waals surface area contributed by atoms with Crippen LogP contribution >= 0.6 is 0 Å². The van der Waals surface area contributed by atoms with Crippen LogP contribution in [-0.4, -0.2) is 21.8 Å². The molecule has 0 saturated heterocycles. The Bertz CT molecular complexity index is 377. The largest absolute Gasteiger partial charge is 0.479 e.